The molecule has 0 bridgehead atoms. The average Bonchev–Trinajstić information content (AvgIpc) is 2.55. The molecule has 2 rings (SSSR count). The Bertz CT molecular complexity index is 184. The summed E-state index contributed by atoms with van der Waals surface area (Å²) in [6.45, 7) is 7.11. The van der Waals surface area contributed by atoms with Gasteiger partial charge in [-0.15, -0.1) is 0 Å². The van der Waals surface area contributed by atoms with Gasteiger partial charge in [0.15, 0.2) is 0 Å². The Hall–Kier alpha value is -0.830. The van der Waals surface area contributed by atoms with E-state index in [0.29, 0.717) is 0 Å². The van der Waals surface area contributed by atoms with Crippen LogP contribution in [0, 0.1) is 0 Å². The number of aromatic nitrogens is 2. The Morgan fingerprint density at radius 2 is 2.36 bits per heavy atom. The molecule has 0 aromatic carbocycles. The maximum Gasteiger partial charge on any atom is 0.0949 e. The Kier molecular flexibility index (Phi) is 3.11. The second-order valence-electron chi connectivity index (χ2n) is 2.26. The summed E-state index contributed by atoms with van der Waals surface area (Å²) in [5.41, 5.74) is 1.29. The van der Waals surface area contributed by atoms with Crippen molar-refractivity contribution in [2.24, 2.45) is 0 Å². The molecule has 2 heterocycles. The smallest absolute Gasteiger partial charge is 0.0949 e. The zero-order valence-corrected chi connectivity index (χ0v) is 7.17. The minimum absolute atomic E-state index is 0.972. The van der Waals surface area contributed by atoms with Crippen LogP contribution in [0.4, 0.5) is 0 Å². The van der Waals surface area contributed by atoms with E-state index < -0.39 is 0 Å². The highest BCUT2D eigenvalue weighted by Crippen LogP contribution is 2.01. The van der Waals surface area contributed by atoms with Crippen molar-refractivity contribution in [2.75, 3.05) is 6.54 Å². The normalized spacial score (nSPS) is 14.7. The van der Waals surface area contributed by atoms with Crippen LogP contribution in [0.2, 0.25) is 0 Å². The Morgan fingerprint density at radius 1 is 1.55 bits per heavy atom. The van der Waals surface area contributed by atoms with Crippen LogP contribution in [0.1, 0.15) is 19.5 Å². The lowest BCUT2D eigenvalue weighted by Gasteiger charge is -2.14. The van der Waals surface area contributed by atoms with Gasteiger partial charge in [0.05, 0.1) is 12.0 Å². The minimum atomic E-state index is 0.972. The van der Waals surface area contributed by atoms with Gasteiger partial charge in [-0.3, -0.25) is 0 Å². The van der Waals surface area contributed by atoms with Crippen LogP contribution in [0.3, 0.4) is 0 Å². The first-order chi connectivity index (χ1) is 5.47. The highest BCUT2D eigenvalue weighted by atomic mass is 15.1. The summed E-state index contributed by atoms with van der Waals surface area (Å²) < 4.78 is 2.18. The molecule has 62 valence electrons. The van der Waals surface area contributed by atoms with Crippen molar-refractivity contribution in [3.05, 3.63) is 18.2 Å². The molecule has 0 unspecified atom stereocenters. The Balaban J connectivity index is 0.000000281. The van der Waals surface area contributed by atoms with E-state index in [1.165, 1.54) is 5.69 Å². The van der Waals surface area contributed by atoms with Gasteiger partial charge in [-0.25, -0.2) is 4.98 Å². The van der Waals surface area contributed by atoms with Crippen LogP contribution in [-0.2, 0) is 13.1 Å². The van der Waals surface area contributed by atoms with Crippen molar-refractivity contribution in [1.82, 2.24) is 14.9 Å². The van der Waals surface area contributed by atoms with Crippen LogP contribution < -0.4 is 5.32 Å². The topological polar surface area (TPSA) is 29.9 Å². The molecule has 0 saturated heterocycles. The van der Waals surface area contributed by atoms with Crippen LogP contribution >= 0.6 is 0 Å². The molecule has 0 spiro atoms. The molecular weight excluding hydrogens is 138 g/mol. The minimum Gasteiger partial charge on any atom is -0.332 e. The first-order valence-corrected chi connectivity index (χ1v) is 4.16. The van der Waals surface area contributed by atoms with Gasteiger partial charge in [-0.2, -0.15) is 0 Å². The number of imidazole rings is 1. The lowest BCUT2D eigenvalue weighted by molar-refractivity contribution is 0.516. The molecule has 3 heteroatoms. The lowest BCUT2D eigenvalue weighted by atomic mass is 10.4. The van der Waals surface area contributed by atoms with E-state index in [4.69, 9.17) is 0 Å². The Morgan fingerprint density at radius 3 is 3.09 bits per heavy atom. The van der Waals surface area contributed by atoms with E-state index in [0.717, 1.165) is 19.6 Å². The summed E-state index contributed by atoms with van der Waals surface area (Å²) in [5.74, 6) is 0. The van der Waals surface area contributed by atoms with Crippen molar-refractivity contribution in [3.8, 4) is 0 Å². The third-order valence-corrected chi connectivity index (χ3v) is 1.63. The van der Waals surface area contributed by atoms with E-state index in [9.17, 15) is 0 Å². The predicted octanol–water partition coefficient (Wildman–Crippen LogP) is 1.01. The second kappa shape index (κ2) is 4.13. The molecule has 0 saturated carbocycles. The highest BCUT2D eigenvalue weighted by Gasteiger charge is 2.04. The van der Waals surface area contributed by atoms with Gasteiger partial charge in [-0.1, -0.05) is 13.8 Å². The van der Waals surface area contributed by atoms with Crippen LogP contribution in [0.5, 0.6) is 0 Å². The van der Waals surface area contributed by atoms with E-state index in [1.807, 2.05) is 26.4 Å². The summed E-state index contributed by atoms with van der Waals surface area (Å²) in [6.07, 6.45) is 3.79. The molecule has 0 fully saturated rings. The zero-order valence-electron chi connectivity index (χ0n) is 7.17. The van der Waals surface area contributed by atoms with Crippen molar-refractivity contribution < 1.29 is 0 Å². The molecule has 0 aliphatic carbocycles. The molecule has 0 amide bonds. The van der Waals surface area contributed by atoms with Crippen LogP contribution in [0.25, 0.3) is 0 Å². The van der Waals surface area contributed by atoms with Gasteiger partial charge >= 0.3 is 0 Å². The number of nitrogens with one attached hydrogen (secondary N) is 1. The molecule has 1 aromatic heterocycles. The number of hydrogen-bond donors (Lipinski definition) is 1. The van der Waals surface area contributed by atoms with Crippen LogP contribution in [-0.4, -0.2) is 16.1 Å². The quantitative estimate of drug-likeness (QED) is 0.603. The van der Waals surface area contributed by atoms with E-state index in [-0.39, 0.29) is 0 Å². The van der Waals surface area contributed by atoms with Gasteiger partial charge in [0.1, 0.15) is 0 Å². The fourth-order valence-corrected chi connectivity index (χ4v) is 1.11. The number of rotatable bonds is 0. The Labute approximate surface area is 67.4 Å². The van der Waals surface area contributed by atoms with E-state index >= 15 is 0 Å². The van der Waals surface area contributed by atoms with Crippen molar-refractivity contribution >= 4 is 0 Å². The van der Waals surface area contributed by atoms with Crippen molar-refractivity contribution in [3.63, 3.8) is 0 Å². The average molecular weight is 153 g/mol. The largest absolute Gasteiger partial charge is 0.332 e. The summed E-state index contributed by atoms with van der Waals surface area (Å²) in [5, 5.41) is 3.27. The van der Waals surface area contributed by atoms with E-state index in [1.54, 1.807) is 0 Å². The lowest BCUT2D eigenvalue weighted by Crippen LogP contribution is -2.27. The van der Waals surface area contributed by atoms with Gasteiger partial charge in [-0.05, 0) is 0 Å². The van der Waals surface area contributed by atoms with Crippen molar-refractivity contribution in [2.45, 2.75) is 26.9 Å². The number of fused-ring (bicyclic) bond motifs is 1. The maximum absolute atomic E-state index is 4.03. The maximum atomic E-state index is 4.03. The molecule has 0 radical (unpaired) electrons. The summed E-state index contributed by atoms with van der Waals surface area (Å²) in [6, 6.07) is 0. The summed E-state index contributed by atoms with van der Waals surface area (Å²) in [4.78, 5) is 4.03. The van der Waals surface area contributed by atoms with E-state index in [2.05, 4.69) is 14.9 Å². The number of nitrogens with zero attached hydrogens (tertiary/aromatic N) is 2. The molecule has 1 aliphatic heterocycles. The zero-order chi connectivity index (χ0) is 8.10. The fourth-order valence-electron chi connectivity index (χ4n) is 1.11. The van der Waals surface area contributed by atoms with Crippen molar-refractivity contribution in [1.29, 1.82) is 0 Å². The third kappa shape index (κ3) is 1.80. The second-order valence-corrected chi connectivity index (χ2v) is 2.26. The molecule has 1 aliphatic rings. The monoisotopic (exact) mass is 153 g/mol. The summed E-state index contributed by atoms with van der Waals surface area (Å²) in [7, 11) is 0. The SMILES string of the molecule is CC.c1ncn2c1CNCC2. The summed E-state index contributed by atoms with van der Waals surface area (Å²) >= 11 is 0. The molecular formula is C8H15N3. The fraction of sp³-hybridized carbons (Fsp3) is 0.625. The predicted molar refractivity (Wildman–Crippen MR) is 45.3 cm³/mol. The first kappa shape index (κ1) is 8.27. The van der Waals surface area contributed by atoms with Crippen LogP contribution in [0.15, 0.2) is 12.5 Å². The number of hydrogen-bond acceptors (Lipinski definition) is 2. The van der Waals surface area contributed by atoms with Gasteiger partial charge in [0.25, 0.3) is 0 Å². The molecule has 3 nitrogen and oxygen atoms in total. The van der Waals surface area contributed by atoms with Gasteiger partial charge in [0, 0.05) is 25.8 Å². The molecule has 1 aromatic rings. The van der Waals surface area contributed by atoms with Gasteiger partial charge in [0.2, 0.25) is 0 Å². The highest BCUT2D eigenvalue weighted by molar-refractivity contribution is 4.99. The first-order valence-electron chi connectivity index (χ1n) is 4.16. The van der Waals surface area contributed by atoms with Gasteiger partial charge < -0.3 is 9.88 Å². The molecule has 11 heavy (non-hydrogen) atoms. The molecule has 0 atom stereocenters. The molecule has 1 N–H and O–H groups in total. The standard InChI is InChI=1S/C6H9N3.C2H6/c1-2-9-5-8-4-6(9)3-7-1;1-2/h4-5,7H,1-3H2;1-2H3. The third-order valence-electron chi connectivity index (χ3n) is 1.63.